The summed E-state index contributed by atoms with van der Waals surface area (Å²) in [5.74, 6) is -0.456. The molecule has 3 aromatic rings. The van der Waals surface area contributed by atoms with Gasteiger partial charge < -0.3 is 15.4 Å². The van der Waals surface area contributed by atoms with Crippen molar-refractivity contribution in [2.24, 2.45) is 7.05 Å². The Balaban J connectivity index is 1.49. The van der Waals surface area contributed by atoms with Crippen LogP contribution in [0.3, 0.4) is 0 Å². The van der Waals surface area contributed by atoms with Crippen molar-refractivity contribution in [2.45, 2.75) is 25.9 Å². The molecule has 1 atom stereocenters. The first kappa shape index (κ1) is 18.6. The largest absolute Gasteiger partial charge is 0.376 e. The van der Waals surface area contributed by atoms with E-state index >= 15 is 0 Å². The number of benzene rings is 1. The third-order valence-corrected chi connectivity index (χ3v) is 6.05. The minimum absolute atomic E-state index is 0.0705. The Morgan fingerprint density at radius 1 is 1.32 bits per heavy atom. The molecule has 0 spiro atoms. The van der Waals surface area contributed by atoms with Crippen LogP contribution in [0, 0.1) is 6.92 Å². The molecule has 146 valence electrons. The molecule has 0 saturated carbocycles. The molecule has 8 heteroatoms. The van der Waals surface area contributed by atoms with E-state index in [9.17, 15) is 9.59 Å². The van der Waals surface area contributed by atoms with Crippen molar-refractivity contribution < 1.29 is 14.3 Å². The van der Waals surface area contributed by atoms with Gasteiger partial charge in [-0.1, -0.05) is 12.1 Å². The third-order valence-electron chi connectivity index (χ3n) is 4.85. The maximum Gasteiger partial charge on any atom is 0.265 e. The van der Waals surface area contributed by atoms with Gasteiger partial charge in [-0.25, -0.2) is 0 Å². The fourth-order valence-corrected chi connectivity index (χ4v) is 4.42. The Kier molecular flexibility index (Phi) is 5.15. The van der Waals surface area contributed by atoms with Gasteiger partial charge in [0.2, 0.25) is 0 Å². The standard InChI is InChI=1S/C20H22N4O3S/c1-12-15-10-17(28-20(15)24(2)23-12)19(26)22-16-8-4-3-7-14(16)18(25)21-11-13-6-5-9-27-13/h3-4,7-8,10,13H,5-6,9,11H2,1-2H3,(H,21,25)(H,22,26)/t13-/m0/s1. The highest BCUT2D eigenvalue weighted by Gasteiger charge is 2.20. The fraction of sp³-hybridized carbons (Fsp3) is 0.350. The molecule has 28 heavy (non-hydrogen) atoms. The number of nitrogens with zero attached hydrogens (tertiary/aromatic N) is 2. The van der Waals surface area contributed by atoms with E-state index in [2.05, 4.69) is 15.7 Å². The van der Waals surface area contributed by atoms with E-state index in [4.69, 9.17) is 4.74 Å². The Morgan fingerprint density at radius 2 is 2.14 bits per heavy atom. The van der Waals surface area contributed by atoms with Crippen LogP contribution < -0.4 is 10.6 Å². The molecule has 4 rings (SSSR count). The molecule has 1 saturated heterocycles. The Labute approximate surface area is 166 Å². The average molecular weight is 398 g/mol. The number of ether oxygens (including phenoxy) is 1. The van der Waals surface area contributed by atoms with Crippen LogP contribution in [0.2, 0.25) is 0 Å². The molecule has 3 heterocycles. The van der Waals surface area contributed by atoms with Crippen molar-refractivity contribution in [3.63, 3.8) is 0 Å². The summed E-state index contributed by atoms with van der Waals surface area (Å²) in [6, 6.07) is 8.87. The molecule has 2 amide bonds. The van der Waals surface area contributed by atoms with E-state index in [0.29, 0.717) is 22.7 Å². The predicted octanol–water partition coefficient (Wildman–Crippen LogP) is 3.10. The predicted molar refractivity (Wildman–Crippen MR) is 109 cm³/mol. The Bertz CT molecular complexity index is 999. The van der Waals surface area contributed by atoms with Crippen LogP contribution in [0.25, 0.3) is 10.2 Å². The van der Waals surface area contributed by atoms with E-state index in [1.54, 1.807) is 28.9 Å². The summed E-state index contributed by atoms with van der Waals surface area (Å²) < 4.78 is 7.32. The van der Waals surface area contributed by atoms with Gasteiger partial charge in [0.1, 0.15) is 4.83 Å². The molecule has 0 aliphatic carbocycles. The average Bonchev–Trinajstić information content (AvgIpc) is 3.40. The maximum absolute atomic E-state index is 12.8. The lowest BCUT2D eigenvalue weighted by molar-refractivity contribution is 0.0858. The number of rotatable bonds is 5. The van der Waals surface area contributed by atoms with Gasteiger partial charge in [-0.05, 0) is 38.0 Å². The van der Waals surface area contributed by atoms with Gasteiger partial charge in [-0.15, -0.1) is 11.3 Å². The Hall–Kier alpha value is -2.71. The lowest BCUT2D eigenvalue weighted by Crippen LogP contribution is -2.32. The van der Waals surface area contributed by atoms with E-state index in [-0.39, 0.29) is 17.9 Å². The minimum Gasteiger partial charge on any atom is -0.376 e. The number of carbonyl (C=O) groups excluding carboxylic acids is 2. The molecular formula is C20H22N4O3S. The number of hydrogen-bond donors (Lipinski definition) is 2. The van der Waals surface area contributed by atoms with E-state index in [1.165, 1.54) is 11.3 Å². The molecule has 0 unspecified atom stereocenters. The van der Waals surface area contributed by atoms with Crippen molar-refractivity contribution in [3.8, 4) is 0 Å². The summed E-state index contributed by atoms with van der Waals surface area (Å²) in [7, 11) is 1.86. The first-order valence-corrected chi connectivity index (χ1v) is 10.1. The smallest absolute Gasteiger partial charge is 0.265 e. The summed E-state index contributed by atoms with van der Waals surface area (Å²) in [6.45, 7) is 3.14. The number of carbonyl (C=O) groups is 2. The van der Waals surface area contributed by atoms with Gasteiger partial charge in [0, 0.05) is 25.6 Å². The molecule has 0 radical (unpaired) electrons. The number of aromatic nitrogens is 2. The summed E-state index contributed by atoms with van der Waals surface area (Å²) in [4.78, 5) is 26.9. The van der Waals surface area contributed by atoms with Gasteiger partial charge >= 0.3 is 0 Å². The van der Waals surface area contributed by atoms with E-state index in [1.807, 2.05) is 20.0 Å². The quantitative estimate of drug-likeness (QED) is 0.692. The molecular weight excluding hydrogens is 376 g/mol. The molecule has 7 nitrogen and oxygen atoms in total. The van der Waals surface area contributed by atoms with Gasteiger partial charge in [0.25, 0.3) is 11.8 Å². The van der Waals surface area contributed by atoms with Crippen LogP contribution in [0.5, 0.6) is 0 Å². The normalized spacial score (nSPS) is 16.4. The number of nitrogens with one attached hydrogen (secondary N) is 2. The second-order valence-corrected chi connectivity index (χ2v) is 7.91. The molecule has 0 bridgehead atoms. The van der Waals surface area contributed by atoms with Crippen LogP contribution in [0.1, 0.15) is 38.6 Å². The summed E-state index contributed by atoms with van der Waals surface area (Å²) in [6.07, 6.45) is 2.05. The van der Waals surface area contributed by atoms with Crippen molar-refractivity contribution in [2.75, 3.05) is 18.5 Å². The van der Waals surface area contributed by atoms with Crippen molar-refractivity contribution in [1.82, 2.24) is 15.1 Å². The van der Waals surface area contributed by atoms with Crippen molar-refractivity contribution >= 4 is 39.1 Å². The Morgan fingerprint density at radius 3 is 2.89 bits per heavy atom. The number of fused-ring (bicyclic) bond motifs is 1. The van der Waals surface area contributed by atoms with Crippen molar-refractivity contribution in [1.29, 1.82) is 0 Å². The monoisotopic (exact) mass is 398 g/mol. The number of hydrogen-bond acceptors (Lipinski definition) is 5. The van der Waals surface area contributed by atoms with Gasteiger partial charge in [-0.2, -0.15) is 5.10 Å². The number of anilines is 1. The van der Waals surface area contributed by atoms with Gasteiger partial charge in [0.15, 0.2) is 0 Å². The molecule has 1 fully saturated rings. The van der Waals surface area contributed by atoms with E-state index in [0.717, 1.165) is 35.4 Å². The van der Waals surface area contributed by atoms with E-state index < -0.39 is 0 Å². The lowest BCUT2D eigenvalue weighted by atomic mass is 10.1. The number of thiophene rings is 1. The zero-order valence-electron chi connectivity index (χ0n) is 15.8. The van der Waals surface area contributed by atoms with Gasteiger partial charge in [-0.3, -0.25) is 14.3 Å². The number of aryl methyl sites for hydroxylation is 2. The van der Waals surface area contributed by atoms with Crippen LogP contribution in [0.4, 0.5) is 5.69 Å². The molecule has 2 N–H and O–H groups in total. The highest BCUT2D eigenvalue weighted by molar-refractivity contribution is 7.20. The maximum atomic E-state index is 12.8. The van der Waals surface area contributed by atoms with Crippen LogP contribution >= 0.6 is 11.3 Å². The second-order valence-electron chi connectivity index (χ2n) is 6.88. The topological polar surface area (TPSA) is 85.2 Å². The van der Waals surface area contributed by atoms with Crippen LogP contribution in [0.15, 0.2) is 30.3 Å². The highest BCUT2D eigenvalue weighted by Crippen LogP contribution is 2.28. The number of amides is 2. The first-order chi connectivity index (χ1) is 13.5. The highest BCUT2D eigenvalue weighted by atomic mass is 32.1. The second kappa shape index (κ2) is 7.73. The first-order valence-electron chi connectivity index (χ1n) is 9.26. The molecule has 1 aliphatic rings. The SMILES string of the molecule is Cc1nn(C)c2sc(C(=O)Nc3ccccc3C(=O)NC[C@@H]3CCCO3)cc12. The summed E-state index contributed by atoms with van der Waals surface area (Å²) >= 11 is 1.38. The lowest BCUT2D eigenvalue weighted by Gasteiger charge is -2.13. The van der Waals surface area contributed by atoms with Crippen molar-refractivity contribution in [3.05, 3.63) is 46.5 Å². The fourth-order valence-electron chi connectivity index (χ4n) is 3.40. The zero-order chi connectivity index (χ0) is 19.7. The van der Waals surface area contributed by atoms with Crippen LogP contribution in [-0.2, 0) is 11.8 Å². The number of para-hydroxylation sites is 1. The molecule has 1 aromatic carbocycles. The van der Waals surface area contributed by atoms with Gasteiger partial charge in [0.05, 0.1) is 27.9 Å². The summed E-state index contributed by atoms with van der Waals surface area (Å²) in [5.41, 5.74) is 1.82. The molecule has 1 aliphatic heterocycles. The molecule has 2 aromatic heterocycles. The minimum atomic E-state index is -0.236. The zero-order valence-corrected chi connectivity index (χ0v) is 16.6. The summed E-state index contributed by atoms with van der Waals surface area (Å²) in [5, 5.41) is 11.1. The third kappa shape index (κ3) is 3.65. The van der Waals surface area contributed by atoms with Crippen LogP contribution in [-0.4, -0.2) is 40.9 Å².